The summed E-state index contributed by atoms with van der Waals surface area (Å²) in [6, 6.07) is 7.36. The zero-order valence-corrected chi connectivity index (χ0v) is 11.8. The lowest BCUT2D eigenvalue weighted by Gasteiger charge is -2.33. The van der Waals surface area contributed by atoms with Gasteiger partial charge in [-0.25, -0.2) is 4.98 Å². The highest BCUT2D eigenvalue weighted by atomic mass is 19.3. The highest BCUT2D eigenvalue weighted by molar-refractivity contribution is 5.38. The molecule has 3 rings (SSSR count). The van der Waals surface area contributed by atoms with Gasteiger partial charge in [-0.1, -0.05) is 18.2 Å². The average Bonchev–Trinajstić information content (AvgIpc) is 3.01. The molecule has 0 aliphatic carbocycles. The molecule has 0 unspecified atom stereocenters. The van der Waals surface area contributed by atoms with E-state index >= 15 is 0 Å². The molecule has 0 fully saturated rings. The quantitative estimate of drug-likeness (QED) is 0.888. The highest BCUT2D eigenvalue weighted by Crippen LogP contribution is 2.35. The van der Waals surface area contributed by atoms with Gasteiger partial charge in [-0.3, -0.25) is 4.57 Å². The van der Waals surface area contributed by atoms with E-state index in [-0.39, 0.29) is 30.9 Å². The number of hydrogen-bond acceptors (Lipinski definition) is 4. The molecule has 22 heavy (non-hydrogen) atoms. The van der Waals surface area contributed by atoms with E-state index in [1.165, 1.54) is 12.4 Å². The second kappa shape index (κ2) is 6.41. The number of halogens is 2. The van der Waals surface area contributed by atoms with Gasteiger partial charge >= 0.3 is 6.55 Å². The van der Waals surface area contributed by atoms with Crippen LogP contribution in [0, 0.1) is 5.92 Å². The first-order valence-corrected chi connectivity index (χ1v) is 7.06. The molecule has 7 heteroatoms. The summed E-state index contributed by atoms with van der Waals surface area (Å²) in [5.41, 5.74) is 0.919. The van der Waals surface area contributed by atoms with Gasteiger partial charge in [-0.2, -0.15) is 8.78 Å². The van der Waals surface area contributed by atoms with Crippen molar-refractivity contribution in [3.8, 4) is 5.75 Å². The molecule has 0 amide bonds. The Morgan fingerprint density at radius 2 is 2.23 bits per heavy atom. The van der Waals surface area contributed by atoms with Crippen molar-refractivity contribution in [2.75, 3.05) is 13.2 Å². The maximum Gasteiger partial charge on any atom is 0.319 e. The summed E-state index contributed by atoms with van der Waals surface area (Å²) < 4.78 is 32.1. The van der Waals surface area contributed by atoms with Crippen molar-refractivity contribution in [2.45, 2.75) is 19.1 Å². The van der Waals surface area contributed by atoms with Crippen LogP contribution in [0.3, 0.4) is 0 Å². The van der Waals surface area contributed by atoms with Crippen LogP contribution < -0.4 is 10.1 Å². The fraction of sp³-hybridized carbons (Fsp3) is 0.400. The summed E-state index contributed by atoms with van der Waals surface area (Å²) in [4.78, 5) is 3.96. The van der Waals surface area contributed by atoms with E-state index in [9.17, 15) is 13.9 Å². The number of imidazole rings is 1. The Kier molecular flexibility index (Phi) is 4.35. The normalized spacial score (nSPS) is 20.7. The number of fused-ring (bicyclic) bond motifs is 1. The summed E-state index contributed by atoms with van der Waals surface area (Å²) in [6.07, 6.45) is 2.60. The Bertz CT molecular complexity index is 633. The third kappa shape index (κ3) is 2.82. The number of aliphatic hydroxyl groups excluding tert-OH is 1. The van der Waals surface area contributed by atoms with Crippen LogP contribution in [-0.4, -0.2) is 27.9 Å². The molecule has 2 aromatic rings. The largest absolute Gasteiger partial charge is 0.493 e. The number of para-hydroxylation sites is 1. The van der Waals surface area contributed by atoms with E-state index in [1.807, 2.05) is 24.3 Å². The van der Waals surface area contributed by atoms with Gasteiger partial charge in [-0.15, -0.1) is 0 Å². The molecule has 1 aromatic heterocycles. The third-order valence-corrected chi connectivity index (χ3v) is 3.85. The van der Waals surface area contributed by atoms with Crippen molar-refractivity contribution < 1.29 is 18.6 Å². The molecule has 0 spiro atoms. The predicted molar refractivity (Wildman–Crippen MR) is 75.6 cm³/mol. The van der Waals surface area contributed by atoms with Crippen LogP contribution in [0.2, 0.25) is 0 Å². The van der Waals surface area contributed by atoms with E-state index in [4.69, 9.17) is 4.74 Å². The van der Waals surface area contributed by atoms with Crippen molar-refractivity contribution in [3.05, 3.63) is 48.0 Å². The van der Waals surface area contributed by atoms with Gasteiger partial charge in [-0.05, 0) is 6.07 Å². The van der Waals surface area contributed by atoms with Crippen molar-refractivity contribution in [2.24, 2.45) is 5.92 Å². The van der Waals surface area contributed by atoms with Crippen molar-refractivity contribution >= 4 is 0 Å². The molecule has 118 valence electrons. The van der Waals surface area contributed by atoms with Crippen LogP contribution in [0.1, 0.15) is 24.0 Å². The standard InChI is InChI=1S/C15H17F2N3O2/c16-15(17)20-6-5-18-13(20)7-19-14-10(8-21)9-22-12-4-2-1-3-11(12)14/h1-6,10,14-15,19,21H,7-9H2/t10-,14-/m1/s1. The molecule has 5 nitrogen and oxygen atoms in total. The number of alkyl halides is 2. The zero-order valence-electron chi connectivity index (χ0n) is 11.8. The molecule has 1 aromatic carbocycles. The summed E-state index contributed by atoms with van der Waals surface area (Å²) in [6.45, 7) is -2.09. The fourth-order valence-corrected chi connectivity index (χ4v) is 2.71. The average molecular weight is 309 g/mol. The molecule has 0 radical (unpaired) electrons. The minimum atomic E-state index is -2.62. The van der Waals surface area contributed by atoms with Crippen LogP contribution in [0.25, 0.3) is 0 Å². The first-order chi connectivity index (χ1) is 10.7. The lowest BCUT2D eigenvalue weighted by Crippen LogP contribution is -2.37. The molecule has 2 heterocycles. The molecule has 1 aliphatic rings. The number of rotatable bonds is 5. The molecule has 0 saturated heterocycles. The lowest BCUT2D eigenvalue weighted by molar-refractivity contribution is 0.0653. The number of benzene rings is 1. The SMILES string of the molecule is OC[C@@H]1COc2ccccc2[C@@H]1NCc1nccn1C(F)F. The van der Waals surface area contributed by atoms with Gasteiger partial charge in [0.25, 0.3) is 0 Å². The van der Waals surface area contributed by atoms with E-state index in [0.717, 1.165) is 15.9 Å². The van der Waals surface area contributed by atoms with Crippen LogP contribution in [0.5, 0.6) is 5.75 Å². The topological polar surface area (TPSA) is 59.3 Å². The van der Waals surface area contributed by atoms with Gasteiger partial charge in [0.1, 0.15) is 11.6 Å². The maximum atomic E-state index is 12.8. The molecule has 0 bridgehead atoms. The first kappa shape index (κ1) is 14.9. The van der Waals surface area contributed by atoms with Crippen LogP contribution >= 0.6 is 0 Å². The second-order valence-corrected chi connectivity index (χ2v) is 5.18. The number of aromatic nitrogens is 2. The van der Waals surface area contributed by atoms with Gasteiger partial charge < -0.3 is 15.2 Å². The first-order valence-electron chi connectivity index (χ1n) is 7.06. The molecular formula is C15H17F2N3O2. The van der Waals surface area contributed by atoms with Crippen molar-refractivity contribution in [1.82, 2.24) is 14.9 Å². The fourth-order valence-electron chi connectivity index (χ4n) is 2.71. The highest BCUT2D eigenvalue weighted by Gasteiger charge is 2.30. The van der Waals surface area contributed by atoms with Crippen LogP contribution in [-0.2, 0) is 6.54 Å². The van der Waals surface area contributed by atoms with Crippen LogP contribution in [0.4, 0.5) is 8.78 Å². The summed E-state index contributed by atoms with van der Waals surface area (Å²) >= 11 is 0. The Morgan fingerprint density at radius 1 is 1.41 bits per heavy atom. The molecule has 0 saturated carbocycles. The van der Waals surface area contributed by atoms with Crippen molar-refractivity contribution in [1.29, 1.82) is 0 Å². The minimum absolute atomic E-state index is 0.0463. The van der Waals surface area contributed by atoms with Gasteiger partial charge in [0.15, 0.2) is 0 Å². The smallest absolute Gasteiger partial charge is 0.319 e. The van der Waals surface area contributed by atoms with Gasteiger partial charge in [0.2, 0.25) is 0 Å². The van der Waals surface area contributed by atoms with E-state index in [0.29, 0.717) is 6.61 Å². The Balaban J connectivity index is 1.79. The monoisotopic (exact) mass is 309 g/mol. The summed E-state index contributed by atoms with van der Waals surface area (Å²) in [5.74, 6) is 0.877. The minimum Gasteiger partial charge on any atom is -0.493 e. The van der Waals surface area contributed by atoms with Gasteiger partial charge in [0, 0.05) is 29.9 Å². The lowest BCUT2D eigenvalue weighted by atomic mass is 9.91. The summed E-state index contributed by atoms with van der Waals surface area (Å²) in [7, 11) is 0. The number of hydrogen-bond donors (Lipinski definition) is 2. The third-order valence-electron chi connectivity index (χ3n) is 3.85. The predicted octanol–water partition coefficient (Wildman–Crippen LogP) is 2.11. The van der Waals surface area contributed by atoms with E-state index < -0.39 is 6.55 Å². The second-order valence-electron chi connectivity index (χ2n) is 5.18. The Hall–Kier alpha value is -1.99. The number of nitrogens with one attached hydrogen (secondary N) is 1. The van der Waals surface area contributed by atoms with Gasteiger partial charge in [0.05, 0.1) is 19.8 Å². The summed E-state index contributed by atoms with van der Waals surface area (Å²) in [5, 5.41) is 12.7. The Morgan fingerprint density at radius 3 is 3.00 bits per heavy atom. The number of ether oxygens (including phenoxy) is 1. The molecule has 2 atom stereocenters. The molecule has 1 aliphatic heterocycles. The number of aliphatic hydroxyl groups is 1. The van der Waals surface area contributed by atoms with Crippen LogP contribution in [0.15, 0.2) is 36.7 Å². The maximum absolute atomic E-state index is 12.8. The zero-order chi connectivity index (χ0) is 15.5. The molecular weight excluding hydrogens is 292 g/mol. The van der Waals surface area contributed by atoms with E-state index in [2.05, 4.69) is 10.3 Å². The van der Waals surface area contributed by atoms with Crippen molar-refractivity contribution in [3.63, 3.8) is 0 Å². The Labute approximate surface area is 126 Å². The molecule has 2 N–H and O–H groups in total. The number of nitrogens with zero attached hydrogens (tertiary/aromatic N) is 2. The van der Waals surface area contributed by atoms with E-state index in [1.54, 1.807) is 0 Å².